The molecule has 3 N–H and O–H groups in total. The third-order valence-corrected chi connectivity index (χ3v) is 3.76. The molecule has 6 heteroatoms. The van der Waals surface area contributed by atoms with Gasteiger partial charge in [0, 0.05) is 13.1 Å². The predicted molar refractivity (Wildman–Crippen MR) is 80.5 cm³/mol. The number of nitrogens with zero attached hydrogens (tertiary/aromatic N) is 4. The van der Waals surface area contributed by atoms with Crippen LogP contribution < -0.4 is 10.6 Å². The number of imidazole rings is 1. The first-order valence-electron chi connectivity index (χ1n) is 6.86. The molecule has 2 aromatic rings. The average molecular weight is 272 g/mol. The molecule has 0 radical (unpaired) electrons. The van der Waals surface area contributed by atoms with Gasteiger partial charge in [0.05, 0.1) is 6.33 Å². The zero-order valence-electron chi connectivity index (χ0n) is 12.1. The molecule has 6 nitrogen and oxygen atoms in total. The number of hydrogen-bond acceptors (Lipinski definition) is 5. The van der Waals surface area contributed by atoms with Crippen LogP contribution in [0.3, 0.4) is 0 Å². The van der Waals surface area contributed by atoms with Gasteiger partial charge in [0.1, 0.15) is 5.52 Å². The Bertz CT molecular complexity index is 664. The lowest BCUT2D eigenvalue weighted by atomic mass is 9.83. The second kappa shape index (κ2) is 4.47. The van der Waals surface area contributed by atoms with Gasteiger partial charge in [-0.3, -0.25) is 0 Å². The Morgan fingerprint density at radius 1 is 1.30 bits per heavy atom. The van der Waals surface area contributed by atoms with Crippen LogP contribution in [0.4, 0.5) is 11.8 Å². The molecule has 0 atom stereocenters. The van der Waals surface area contributed by atoms with Gasteiger partial charge in [-0.25, -0.2) is 4.98 Å². The Kier molecular flexibility index (Phi) is 2.88. The Morgan fingerprint density at radius 3 is 2.75 bits per heavy atom. The number of nitrogens with two attached hydrogens (primary N) is 1. The van der Waals surface area contributed by atoms with Crippen molar-refractivity contribution in [1.29, 1.82) is 0 Å². The number of nitrogen functional groups attached to an aromatic ring is 1. The number of aromatic nitrogens is 4. The summed E-state index contributed by atoms with van der Waals surface area (Å²) in [6.45, 7) is 8.55. The monoisotopic (exact) mass is 272 g/mol. The molecule has 3 rings (SSSR count). The van der Waals surface area contributed by atoms with Gasteiger partial charge < -0.3 is 15.6 Å². The molecule has 20 heavy (non-hydrogen) atoms. The number of H-pyrrole nitrogens is 1. The fourth-order valence-electron chi connectivity index (χ4n) is 2.61. The van der Waals surface area contributed by atoms with Crippen LogP contribution in [0.15, 0.2) is 18.0 Å². The van der Waals surface area contributed by atoms with Gasteiger partial charge in [-0.05, 0) is 11.8 Å². The zero-order chi connectivity index (χ0) is 14.3. The third-order valence-electron chi connectivity index (χ3n) is 3.76. The molecule has 1 aliphatic heterocycles. The van der Waals surface area contributed by atoms with E-state index < -0.39 is 0 Å². The molecule has 1 aliphatic rings. The normalized spacial score (nSPS) is 16.6. The van der Waals surface area contributed by atoms with E-state index in [4.69, 9.17) is 5.73 Å². The summed E-state index contributed by atoms with van der Waals surface area (Å²) in [7, 11) is 0. The van der Waals surface area contributed by atoms with Crippen LogP contribution in [0.1, 0.15) is 27.2 Å². The molecule has 106 valence electrons. The van der Waals surface area contributed by atoms with Gasteiger partial charge in [0.2, 0.25) is 5.95 Å². The Hall–Kier alpha value is -2.11. The van der Waals surface area contributed by atoms with E-state index in [0.717, 1.165) is 30.8 Å². The smallest absolute Gasteiger partial charge is 0.224 e. The molecule has 0 unspecified atom stereocenters. The summed E-state index contributed by atoms with van der Waals surface area (Å²) in [6, 6.07) is 0. The number of nitrogens with one attached hydrogen (secondary N) is 1. The van der Waals surface area contributed by atoms with E-state index in [9.17, 15) is 0 Å². The topological polar surface area (TPSA) is 83.7 Å². The van der Waals surface area contributed by atoms with Gasteiger partial charge >= 0.3 is 0 Å². The van der Waals surface area contributed by atoms with E-state index in [0.29, 0.717) is 5.65 Å². The van der Waals surface area contributed by atoms with Crippen molar-refractivity contribution in [2.45, 2.75) is 27.2 Å². The summed E-state index contributed by atoms with van der Waals surface area (Å²) in [5.41, 5.74) is 8.98. The first-order valence-corrected chi connectivity index (χ1v) is 6.86. The Labute approximate surface area is 118 Å². The number of rotatable bonds is 1. The molecule has 2 aromatic heterocycles. The zero-order valence-corrected chi connectivity index (χ0v) is 12.1. The molecular weight excluding hydrogens is 252 g/mol. The number of aromatic amines is 1. The van der Waals surface area contributed by atoms with Crippen LogP contribution in [0.2, 0.25) is 0 Å². The SMILES string of the molecule is CC(C)(C)C1=CCN(c2nc(N)nc3nc[nH]c23)CC1. The van der Waals surface area contributed by atoms with Crippen molar-refractivity contribution >= 4 is 22.9 Å². The van der Waals surface area contributed by atoms with Crippen LogP contribution in [0, 0.1) is 5.41 Å². The van der Waals surface area contributed by atoms with Crippen LogP contribution in [-0.2, 0) is 0 Å². The maximum absolute atomic E-state index is 5.77. The van der Waals surface area contributed by atoms with Gasteiger partial charge in [-0.2, -0.15) is 9.97 Å². The summed E-state index contributed by atoms with van der Waals surface area (Å²) < 4.78 is 0. The van der Waals surface area contributed by atoms with Crippen LogP contribution in [0.25, 0.3) is 11.2 Å². The van der Waals surface area contributed by atoms with Crippen molar-refractivity contribution in [2.75, 3.05) is 23.7 Å². The molecular formula is C14H20N6. The van der Waals surface area contributed by atoms with Crippen molar-refractivity contribution in [3.05, 3.63) is 18.0 Å². The molecule has 0 saturated carbocycles. The summed E-state index contributed by atoms with van der Waals surface area (Å²) in [6.07, 6.45) is 4.97. The highest BCUT2D eigenvalue weighted by Gasteiger charge is 2.23. The second-order valence-electron chi connectivity index (χ2n) is 6.18. The van der Waals surface area contributed by atoms with Crippen LogP contribution >= 0.6 is 0 Å². The van der Waals surface area contributed by atoms with E-state index in [1.165, 1.54) is 5.57 Å². The number of anilines is 2. The molecule has 0 saturated heterocycles. The Morgan fingerprint density at radius 2 is 2.10 bits per heavy atom. The fourth-order valence-corrected chi connectivity index (χ4v) is 2.61. The maximum Gasteiger partial charge on any atom is 0.224 e. The van der Waals surface area contributed by atoms with E-state index >= 15 is 0 Å². The summed E-state index contributed by atoms with van der Waals surface area (Å²) in [4.78, 5) is 18.0. The quantitative estimate of drug-likeness (QED) is 0.777. The van der Waals surface area contributed by atoms with Crippen molar-refractivity contribution in [3.8, 4) is 0 Å². The molecule has 0 amide bonds. The molecule has 0 aliphatic carbocycles. The highest BCUT2D eigenvalue weighted by Crippen LogP contribution is 2.32. The lowest BCUT2D eigenvalue weighted by molar-refractivity contribution is 0.472. The van der Waals surface area contributed by atoms with Gasteiger partial charge in [0.25, 0.3) is 0 Å². The first-order chi connectivity index (χ1) is 9.45. The van der Waals surface area contributed by atoms with E-state index in [-0.39, 0.29) is 11.4 Å². The first kappa shape index (κ1) is 12.9. The van der Waals surface area contributed by atoms with E-state index in [1.54, 1.807) is 6.33 Å². The summed E-state index contributed by atoms with van der Waals surface area (Å²) in [5.74, 6) is 1.11. The standard InChI is InChI=1S/C14H20N6/c1-14(2,3)9-4-6-20(7-5-9)12-10-11(17-8-16-10)18-13(15)19-12/h4,8H,5-7H2,1-3H3,(H3,15,16,17,18,19). The van der Waals surface area contributed by atoms with Crippen molar-refractivity contribution in [1.82, 2.24) is 19.9 Å². The highest BCUT2D eigenvalue weighted by molar-refractivity contribution is 5.84. The summed E-state index contributed by atoms with van der Waals surface area (Å²) in [5, 5.41) is 0. The van der Waals surface area contributed by atoms with Crippen LogP contribution in [-0.4, -0.2) is 33.0 Å². The molecule has 3 heterocycles. The lowest BCUT2D eigenvalue weighted by Gasteiger charge is -2.32. The maximum atomic E-state index is 5.77. The molecule has 0 bridgehead atoms. The number of hydrogen-bond donors (Lipinski definition) is 2. The molecule has 0 fully saturated rings. The third kappa shape index (κ3) is 2.21. The highest BCUT2D eigenvalue weighted by atomic mass is 15.2. The van der Waals surface area contributed by atoms with E-state index in [1.807, 2.05) is 0 Å². The van der Waals surface area contributed by atoms with E-state index in [2.05, 4.69) is 51.7 Å². The Balaban J connectivity index is 1.94. The van der Waals surface area contributed by atoms with Crippen molar-refractivity contribution in [3.63, 3.8) is 0 Å². The fraction of sp³-hybridized carbons (Fsp3) is 0.500. The van der Waals surface area contributed by atoms with Gasteiger partial charge in [-0.15, -0.1) is 0 Å². The molecule has 0 spiro atoms. The van der Waals surface area contributed by atoms with Crippen molar-refractivity contribution < 1.29 is 0 Å². The minimum Gasteiger partial charge on any atom is -0.368 e. The molecule has 0 aromatic carbocycles. The minimum atomic E-state index is 0.236. The van der Waals surface area contributed by atoms with Crippen LogP contribution in [0.5, 0.6) is 0 Å². The van der Waals surface area contributed by atoms with Crippen molar-refractivity contribution in [2.24, 2.45) is 5.41 Å². The second-order valence-corrected chi connectivity index (χ2v) is 6.18. The lowest BCUT2D eigenvalue weighted by Crippen LogP contribution is -2.32. The predicted octanol–water partition coefficient (Wildman–Crippen LogP) is 2.12. The van der Waals surface area contributed by atoms with Gasteiger partial charge in [-0.1, -0.05) is 32.4 Å². The minimum absolute atomic E-state index is 0.236. The number of fused-ring (bicyclic) bond motifs is 1. The largest absolute Gasteiger partial charge is 0.368 e. The van der Waals surface area contributed by atoms with Gasteiger partial charge in [0.15, 0.2) is 11.5 Å². The summed E-state index contributed by atoms with van der Waals surface area (Å²) >= 11 is 0. The average Bonchev–Trinajstić information content (AvgIpc) is 2.85.